The number of amides is 4. The lowest BCUT2D eigenvalue weighted by Gasteiger charge is -2.37. The van der Waals surface area contributed by atoms with Crippen molar-refractivity contribution in [1.82, 2.24) is 9.80 Å². The third-order valence-corrected chi connectivity index (χ3v) is 5.15. The predicted octanol–water partition coefficient (Wildman–Crippen LogP) is 5.46. The second kappa shape index (κ2) is 9.37. The van der Waals surface area contributed by atoms with Crippen LogP contribution in [-0.4, -0.2) is 50.1 Å². The Balaban J connectivity index is 2.73. The summed E-state index contributed by atoms with van der Waals surface area (Å²) in [5.74, 6) is 0. The quantitative estimate of drug-likeness (QED) is 0.599. The highest BCUT2D eigenvalue weighted by molar-refractivity contribution is 6.32. The molecule has 156 valence electrons. The molecule has 0 unspecified atom stereocenters. The number of anilines is 2. The van der Waals surface area contributed by atoms with Gasteiger partial charge in [0.15, 0.2) is 0 Å². The maximum absolute atomic E-state index is 13.2. The molecule has 0 bridgehead atoms. The Bertz CT molecular complexity index is 916. The summed E-state index contributed by atoms with van der Waals surface area (Å²) in [5, 5.41) is 3.62. The highest BCUT2D eigenvalue weighted by Gasteiger charge is 2.32. The highest BCUT2D eigenvalue weighted by Crippen LogP contribution is 2.31. The van der Waals surface area contributed by atoms with Crippen LogP contribution < -0.4 is 10.0 Å². The molecule has 2 rings (SSSR count). The normalized spacial score (nSPS) is 10.5. The number of carbonyl (C=O) groups is 2. The summed E-state index contributed by atoms with van der Waals surface area (Å²) in [4.78, 5) is 29.1. The lowest BCUT2D eigenvalue weighted by molar-refractivity contribution is 0.213. The minimum absolute atomic E-state index is 0.405. The lowest BCUT2D eigenvalue weighted by Crippen LogP contribution is -2.56. The average Bonchev–Trinajstić information content (AvgIpc) is 2.67. The second-order valence-corrected chi connectivity index (χ2v) is 7.85. The first kappa shape index (κ1) is 22.8. The maximum Gasteiger partial charge on any atom is 0.343 e. The average molecular weight is 437 g/mol. The van der Waals surface area contributed by atoms with Gasteiger partial charge in [0, 0.05) is 38.2 Å². The van der Waals surface area contributed by atoms with Crippen molar-refractivity contribution in [3.05, 3.63) is 57.6 Å². The number of rotatable bonds is 3. The Morgan fingerprint density at radius 1 is 0.793 bits per heavy atom. The lowest BCUT2D eigenvalue weighted by atomic mass is 10.1. The molecule has 8 heteroatoms. The van der Waals surface area contributed by atoms with Crippen molar-refractivity contribution in [2.24, 2.45) is 0 Å². The molecular formula is C21H26Cl2N4O2. The molecule has 0 aliphatic carbocycles. The van der Waals surface area contributed by atoms with Crippen molar-refractivity contribution < 1.29 is 9.59 Å². The van der Waals surface area contributed by atoms with Crippen molar-refractivity contribution in [1.29, 1.82) is 0 Å². The van der Waals surface area contributed by atoms with Gasteiger partial charge in [0.2, 0.25) is 0 Å². The van der Waals surface area contributed by atoms with Crippen molar-refractivity contribution in [3.63, 3.8) is 0 Å². The summed E-state index contributed by atoms with van der Waals surface area (Å²) in [7, 11) is 6.49. The molecule has 0 spiro atoms. The van der Waals surface area contributed by atoms with Gasteiger partial charge in [0.1, 0.15) is 0 Å². The minimum Gasteiger partial charge on any atom is -0.329 e. The van der Waals surface area contributed by atoms with Crippen LogP contribution in [0.15, 0.2) is 36.4 Å². The summed E-state index contributed by atoms with van der Waals surface area (Å²) in [5.41, 5.74) is 2.76. The van der Waals surface area contributed by atoms with Gasteiger partial charge in [-0.15, -0.1) is 0 Å². The van der Waals surface area contributed by atoms with Crippen molar-refractivity contribution >= 4 is 46.6 Å². The van der Waals surface area contributed by atoms with Crippen LogP contribution >= 0.6 is 23.2 Å². The Kier molecular flexibility index (Phi) is 7.38. The number of hydrogen-bond donors (Lipinski definition) is 0. The summed E-state index contributed by atoms with van der Waals surface area (Å²) < 4.78 is 0. The molecular weight excluding hydrogens is 411 g/mol. The highest BCUT2D eigenvalue weighted by atomic mass is 35.5. The number of nitrogens with zero attached hydrogens (tertiary/aromatic N) is 4. The summed E-state index contributed by atoms with van der Waals surface area (Å²) in [6.45, 7) is 3.87. The molecule has 0 atom stereocenters. The molecule has 0 N–H and O–H groups in total. The van der Waals surface area contributed by atoms with Crippen LogP contribution in [0.1, 0.15) is 18.1 Å². The molecule has 0 aliphatic rings. The SMILES string of the molecule is CCc1ccc(N(C(=O)N(C)C)N(C(=O)N(C)C)c2ccc(C)c(Cl)c2)cc1Cl. The first-order chi connectivity index (χ1) is 13.6. The van der Waals surface area contributed by atoms with Crippen molar-refractivity contribution in [3.8, 4) is 0 Å². The zero-order valence-corrected chi connectivity index (χ0v) is 19.0. The molecule has 2 aromatic carbocycles. The van der Waals surface area contributed by atoms with Gasteiger partial charge in [0.25, 0.3) is 0 Å². The molecule has 29 heavy (non-hydrogen) atoms. The summed E-state index contributed by atoms with van der Waals surface area (Å²) >= 11 is 12.7. The van der Waals surface area contributed by atoms with Crippen LogP contribution in [0.25, 0.3) is 0 Å². The maximum atomic E-state index is 13.2. The molecule has 2 aromatic rings. The van der Waals surface area contributed by atoms with Crippen LogP contribution in [0.5, 0.6) is 0 Å². The van der Waals surface area contributed by atoms with E-state index in [1.807, 2.05) is 19.9 Å². The zero-order valence-electron chi connectivity index (χ0n) is 17.5. The molecule has 0 fully saturated rings. The van der Waals surface area contributed by atoms with E-state index < -0.39 is 12.1 Å². The molecule has 0 saturated heterocycles. The van der Waals surface area contributed by atoms with Crippen LogP contribution in [0.4, 0.5) is 21.0 Å². The van der Waals surface area contributed by atoms with E-state index in [1.54, 1.807) is 58.5 Å². The number of halogens is 2. The Morgan fingerprint density at radius 2 is 1.24 bits per heavy atom. The van der Waals surface area contributed by atoms with Crippen LogP contribution in [0.2, 0.25) is 10.0 Å². The fraction of sp³-hybridized carbons (Fsp3) is 0.333. The predicted molar refractivity (Wildman–Crippen MR) is 120 cm³/mol. The van der Waals surface area contributed by atoms with Crippen molar-refractivity contribution in [2.75, 3.05) is 38.2 Å². The number of hydrazine groups is 1. The van der Waals surface area contributed by atoms with Gasteiger partial charge in [-0.3, -0.25) is 0 Å². The second-order valence-electron chi connectivity index (χ2n) is 7.04. The van der Waals surface area contributed by atoms with Crippen LogP contribution in [0, 0.1) is 6.92 Å². The Hall–Kier alpha value is -2.44. The largest absolute Gasteiger partial charge is 0.343 e. The number of aryl methyl sites for hydroxylation is 2. The molecule has 0 aromatic heterocycles. The summed E-state index contributed by atoms with van der Waals surface area (Å²) in [6.07, 6.45) is 0.759. The zero-order chi connectivity index (χ0) is 21.9. The molecule has 0 saturated carbocycles. The number of carbonyl (C=O) groups excluding carboxylic acids is 2. The monoisotopic (exact) mass is 436 g/mol. The molecule has 6 nitrogen and oxygen atoms in total. The molecule has 4 amide bonds. The first-order valence-electron chi connectivity index (χ1n) is 9.15. The van der Waals surface area contributed by atoms with Gasteiger partial charge in [-0.2, -0.15) is 10.0 Å². The third kappa shape index (κ3) is 4.95. The van der Waals surface area contributed by atoms with E-state index in [9.17, 15) is 9.59 Å². The standard InChI is InChI=1S/C21H26Cl2N4O2/c1-7-15-9-11-17(13-19(15)23)27(21(29)25(5)6)26(20(28)24(3)4)16-10-8-14(2)18(22)12-16/h8-13H,7H2,1-6H3. The van der Waals surface area contributed by atoms with E-state index in [0.717, 1.165) is 17.5 Å². The van der Waals surface area contributed by atoms with Gasteiger partial charge in [-0.05, 0) is 48.7 Å². The van der Waals surface area contributed by atoms with Crippen molar-refractivity contribution in [2.45, 2.75) is 20.3 Å². The number of benzene rings is 2. The van der Waals surface area contributed by atoms with Crippen LogP contribution in [-0.2, 0) is 6.42 Å². The molecule has 0 radical (unpaired) electrons. The third-order valence-electron chi connectivity index (χ3n) is 4.39. The first-order valence-corrected chi connectivity index (χ1v) is 9.91. The van der Waals surface area contributed by atoms with E-state index in [4.69, 9.17) is 23.2 Å². The van der Waals surface area contributed by atoms with E-state index >= 15 is 0 Å². The smallest absolute Gasteiger partial charge is 0.329 e. The topological polar surface area (TPSA) is 47.1 Å². The number of hydrogen-bond acceptors (Lipinski definition) is 2. The fourth-order valence-corrected chi connectivity index (χ4v) is 3.15. The summed E-state index contributed by atoms with van der Waals surface area (Å²) in [6, 6.07) is 9.73. The van der Waals surface area contributed by atoms with E-state index in [0.29, 0.717) is 21.4 Å². The van der Waals surface area contributed by atoms with Gasteiger partial charge < -0.3 is 9.80 Å². The Morgan fingerprint density at radius 3 is 1.62 bits per heavy atom. The van der Waals surface area contributed by atoms with E-state index in [-0.39, 0.29) is 0 Å². The van der Waals surface area contributed by atoms with E-state index in [1.165, 1.54) is 19.8 Å². The van der Waals surface area contributed by atoms with Gasteiger partial charge in [0.05, 0.1) is 11.4 Å². The Labute approximate surface area is 182 Å². The number of urea groups is 2. The van der Waals surface area contributed by atoms with E-state index in [2.05, 4.69) is 0 Å². The minimum atomic E-state index is -0.407. The van der Waals surface area contributed by atoms with Gasteiger partial charge >= 0.3 is 12.1 Å². The fourth-order valence-electron chi connectivity index (χ4n) is 2.67. The van der Waals surface area contributed by atoms with Gasteiger partial charge in [-0.25, -0.2) is 9.59 Å². The van der Waals surface area contributed by atoms with Crippen LogP contribution in [0.3, 0.4) is 0 Å². The molecule has 0 heterocycles. The van der Waals surface area contributed by atoms with Gasteiger partial charge in [-0.1, -0.05) is 42.3 Å². The molecule has 0 aliphatic heterocycles.